The van der Waals surface area contributed by atoms with E-state index in [1.807, 2.05) is 13.8 Å². The number of carbonyl (C=O) groups is 2. The number of rotatable bonds is 6. The van der Waals surface area contributed by atoms with Crippen LogP contribution in [0.25, 0.3) is 0 Å². The van der Waals surface area contributed by atoms with Crippen molar-refractivity contribution < 1.29 is 23.5 Å². The second-order valence-corrected chi connectivity index (χ2v) is 5.78. The normalized spacial score (nSPS) is 15.6. The van der Waals surface area contributed by atoms with E-state index < -0.39 is 17.8 Å². The average Bonchev–Trinajstić information content (AvgIpc) is 2.86. The second kappa shape index (κ2) is 7.26. The van der Waals surface area contributed by atoms with Crippen molar-refractivity contribution in [3.8, 4) is 5.75 Å². The number of amides is 1. The van der Waals surface area contributed by atoms with Crippen LogP contribution in [0, 0.1) is 11.7 Å². The Morgan fingerprint density at radius 2 is 2.04 bits per heavy atom. The third-order valence-corrected chi connectivity index (χ3v) is 3.52. The van der Waals surface area contributed by atoms with Crippen molar-refractivity contribution in [2.24, 2.45) is 5.92 Å². The molecular formula is C17H20FNO4. The van der Waals surface area contributed by atoms with Crippen molar-refractivity contribution in [2.75, 3.05) is 13.7 Å². The molecule has 1 aliphatic heterocycles. The SMILES string of the molecule is COC(=O)C(CC(C)C)N1CC(Oc2ccccc2F)=CC1=O. The van der Waals surface area contributed by atoms with E-state index in [1.54, 1.807) is 12.1 Å². The monoisotopic (exact) mass is 321 g/mol. The molecule has 5 nitrogen and oxygen atoms in total. The zero-order chi connectivity index (χ0) is 17.0. The molecule has 2 rings (SSSR count). The minimum Gasteiger partial charge on any atom is -0.467 e. The van der Waals surface area contributed by atoms with Crippen LogP contribution in [0.5, 0.6) is 5.75 Å². The molecule has 0 bridgehead atoms. The van der Waals surface area contributed by atoms with Crippen LogP contribution in [-0.2, 0) is 14.3 Å². The number of methoxy groups -OCH3 is 1. The summed E-state index contributed by atoms with van der Waals surface area (Å²) in [4.78, 5) is 25.5. The molecule has 0 saturated heterocycles. The lowest BCUT2D eigenvalue weighted by Gasteiger charge is -2.27. The van der Waals surface area contributed by atoms with Gasteiger partial charge < -0.3 is 14.4 Å². The summed E-state index contributed by atoms with van der Waals surface area (Å²) >= 11 is 0. The molecule has 1 amide bonds. The van der Waals surface area contributed by atoms with Gasteiger partial charge in [0.1, 0.15) is 11.8 Å². The maximum absolute atomic E-state index is 13.6. The first-order valence-corrected chi connectivity index (χ1v) is 7.43. The average molecular weight is 321 g/mol. The predicted octanol–water partition coefficient (Wildman–Crippen LogP) is 2.52. The lowest BCUT2D eigenvalue weighted by molar-refractivity contribution is -0.151. The number of esters is 1. The van der Waals surface area contributed by atoms with Gasteiger partial charge in [0.05, 0.1) is 13.7 Å². The molecule has 0 radical (unpaired) electrons. The van der Waals surface area contributed by atoms with Gasteiger partial charge in [-0.15, -0.1) is 0 Å². The minimum atomic E-state index is -0.675. The maximum atomic E-state index is 13.6. The van der Waals surface area contributed by atoms with Gasteiger partial charge in [-0.3, -0.25) is 4.79 Å². The molecule has 0 saturated carbocycles. The van der Waals surface area contributed by atoms with Crippen molar-refractivity contribution in [3.05, 3.63) is 41.9 Å². The molecule has 6 heteroatoms. The zero-order valence-electron chi connectivity index (χ0n) is 13.4. The fourth-order valence-electron chi connectivity index (χ4n) is 2.44. The molecule has 1 aromatic carbocycles. The largest absolute Gasteiger partial charge is 0.467 e. The van der Waals surface area contributed by atoms with Crippen LogP contribution in [0.4, 0.5) is 4.39 Å². The Kier molecular flexibility index (Phi) is 5.36. The maximum Gasteiger partial charge on any atom is 0.328 e. The number of halogens is 1. The molecule has 0 N–H and O–H groups in total. The molecule has 0 spiro atoms. The van der Waals surface area contributed by atoms with Crippen molar-refractivity contribution in [1.29, 1.82) is 0 Å². The summed E-state index contributed by atoms with van der Waals surface area (Å²) in [6.07, 6.45) is 1.77. The van der Waals surface area contributed by atoms with Gasteiger partial charge in [-0.25, -0.2) is 9.18 Å². The fraction of sp³-hybridized carbons (Fsp3) is 0.412. The Balaban J connectivity index is 2.11. The molecule has 1 aromatic rings. The van der Waals surface area contributed by atoms with Crippen molar-refractivity contribution in [2.45, 2.75) is 26.3 Å². The molecule has 1 atom stereocenters. The summed E-state index contributed by atoms with van der Waals surface area (Å²) in [5, 5.41) is 0. The Bertz CT molecular complexity index is 627. The lowest BCUT2D eigenvalue weighted by atomic mass is 10.0. The third-order valence-electron chi connectivity index (χ3n) is 3.52. The number of para-hydroxylation sites is 1. The van der Waals surface area contributed by atoms with Crippen LogP contribution in [-0.4, -0.2) is 36.5 Å². The predicted molar refractivity (Wildman–Crippen MR) is 82.1 cm³/mol. The van der Waals surface area contributed by atoms with Gasteiger partial charge in [-0.1, -0.05) is 26.0 Å². The summed E-state index contributed by atoms with van der Waals surface area (Å²) in [5.74, 6) is -0.751. The van der Waals surface area contributed by atoms with Gasteiger partial charge in [0, 0.05) is 6.08 Å². The summed E-state index contributed by atoms with van der Waals surface area (Å²) in [5.41, 5.74) is 0. The van der Waals surface area contributed by atoms with Gasteiger partial charge in [0.2, 0.25) is 0 Å². The molecular weight excluding hydrogens is 301 g/mol. The standard InChI is InChI=1S/C17H20FNO4/c1-11(2)8-14(17(21)22-3)19-10-12(9-16(19)20)23-15-7-5-4-6-13(15)18/h4-7,9,11,14H,8,10H2,1-3H3. The van der Waals surface area contributed by atoms with E-state index in [0.717, 1.165) is 0 Å². The second-order valence-electron chi connectivity index (χ2n) is 5.78. The van der Waals surface area contributed by atoms with E-state index >= 15 is 0 Å². The Morgan fingerprint density at radius 3 is 2.65 bits per heavy atom. The van der Waals surface area contributed by atoms with E-state index in [4.69, 9.17) is 9.47 Å². The number of carbonyl (C=O) groups excluding carboxylic acids is 2. The van der Waals surface area contributed by atoms with Crippen LogP contribution in [0.2, 0.25) is 0 Å². The van der Waals surface area contributed by atoms with Crippen LogP contribution in [0.1, 0.15) is 20.3 Å². The zero-order valence-corrected chi connectivity index (χ0v) is 13.4. The molecule has 1 heterocycles. The summed E-state index contributed by atoms with van der Waals surface area (Å²) in [6.45, 7) is 4.03. The molecule has 23 heavy (non-hydrogen) atoms. The van der Waals surface area contributed by atoms with E-state index in [2.05, 4.69) is 0 Å². The van der Waals surface area contributed by atoms with Crippen molar-refractivity contribution in [3.63, 3.8) is 0 Å². The van der Waals surface area contributed by atoms with Gasteiger partial charge >= 0.3 is 5.97 Å². The Hall–Kier alpha value is -2.37. The molecule has 0 aliphatic carbocycles. The number of ether oxygens (including phenoxy) is 2. The van der Waals surface area contributed by atoms with Crippen LogP contribution in [0.3, 0.4) is 0 Å². The number of nitrogens with zero attached hydrogens (tertiary/aromatic N) is 1. The highest BCUT2D eigenvalue weighted by Gasteiger charge is 2.35. The smallest absolute Gasteiger partial charge is 0.328 e. The number of hydrogen-bond donors (Lipinski definition) is 0. The van der Waals surface area contributed by atoms with Crippen LogP contribution < -0.4 is 4.74 Å². The summed E-state index contributed by atoms with van der Waals surface area (Å²) < 4.78 is 23.9. The molecule has 0 aromatic heterocycles. The Morgan fingerprint density at radius 1 is 1.35 bits per heavy atom. The minimum absolute atomic E-state index is 0.0480. The van der Waals surface area contributed by atoms with E-state index in [0.29, 0.717) is 12.2 Å². The van der Waals surface area contributed by atoms with Gasteiger partial charge in [0.15, 0.2) is 11.6 Å². The lowest BCUT2D eigenvalue weighted by Crippen LogP contribution is -2.44. The van der Waals surface area contributed by atoms with E-state index in [-0.39, 0.29) is 24.1 Å². The van der Waals surface area contributed by atoms with Gasteiger partial charge in [-0.05, 0) is 24.5 Å². The first-order valence-electron chi connectivity index (χ1n) is 7.43. The molecule has 1 aliphatic rings. The quantitative estimate of drug-likeness (QED) is 0.756. The number of benzene rings is 1. The van der Waals surface area contributed by atoms with Crippen molar-refractivity contribution in [1.82, 2.24) is 4.90 Å². The molecule has 124 valence electrons. The van der Waals surface area contributed by atoms with E-state index in [1.165, 1.54) is 30.2 Å². The highest BCUT2D eigenvalue weighted by atomic mass is 19.1. The van der Waals surface area contributed by atoms with Gasteiger partial charge in [-0.2, -0.15) is 0 Å². The van der Waals surface area contributed by atoms with Crippen LogP contribution >= 0.6 is 0 Å². The first kappa shape index (κ1) is 17.0. The topological polar surface area (TPSA) is 55.8 Å². The third kappa shape index (κ3) is 4.09. The highest BCUT2D eigenvalue weighted by molar-refractivity contribution is 5.94. The Labute approximate surface area is 134 Å². The fourth-order valence-corrected chi connectivity index (χ4v) is 2.44. The molecule has 1 unspecified atom stereocenters. The van der Waals surface area contributed by atoms with Gasteiger partial charge in [0.25, 0.3) is 5.91 Å². The van der Waals surface area contributed by atoms with Crippen LogP contribution in [0.15, 0.2) is 36.1 Å². The highest BCUT2D eigenvalue weighted by Crippen LogP contribution is 2.24. The van der Waals surface area contributed by atoms with Crippen molar-refractivity contribution >= 4 is 11.9 Å². The summed E-state index contributed by atoms with van der Waals surface area (Å²) in [6, 6.07) is 5.28. The molecule has 0 fully saturated rings. The summed E-state index contributed by atoms with van der Waals surface area (Å²) in [7, 11) is 1.29. The first-order chi connectivity index (χ1) is 10.9. The number of hydrogen-bond acceptors (Lipinski definition) is 4. The van der Waals surface area contributed by atoms with E-state index in [9.17, 15) is 14.0 Å².